The van der Waals surface area contributed by atoms with Crippen molar-refractivity contribution < 1.29 is 19.1 Å². The van der Waals surface area contributed by atoms with Gasteiger partial charge in [0.2, 0.25) is 0 Å². The highest BCUT2D eigenvalue weighted by molar-refractivity contribution is 5.75. The van der Waals surface area contributed by atoms with Crippen LogP contribution in [0.15, 0.2) is 0 Å². The van der Waals surface area contributed by atoms with Crippen molar-refractivity contribution in [2.75, 3.05) is 13.2 Å². The SMILES string of the molecule is CCC(=O)OCC(CC)COC(=O)[C@@H](N)CC(C)C. The second kappa shape index (κ2) is 9.78. The summed E-state index contributed by atoms with van der Waals surface area (Å²) in [5.41, 5.74) is 5.73. The largest absolute Gasteiger partial charge is 0.465 e. The van der Waals surface area contributed by atoms with Crippen LogP contribution in [0.1, 0.15) is 47.0 Å². The molecule has 0 radical (unpaired) electrons. The molecule has 0 aliphatic carbocycles. The van der Waals surface area contributed by atoms with Gasteiger partial charge in [-0.05, 0) is 18.8 Å². The number of nitrogens with two attached hydrogens (primary N) is 1. The van der Waals surface area contributed by atoms with Gasteiger partial charge in [0, 0.05) is 12.3 Å². The molecule has 1 unspecified atom stereocenters. The summed E-state index contributed by atoms with van der Waals surface area (Å²) in [7, 11) is 0. The lowest BCUT2D eigenvalue weighted by Crippen LogP contribution is -2.35. The average molecular weight is 273 g/mol. The predicted molar refractivity (Wildman–Crippen MR) is 73.4 cm³/mol. The first-order chi connectivity index (χ1) is 8.90. The van der Waals surface area contributed by atoms with E-state index in [2.05, 4.69) is 0 Å². The molecule has 5 nitrogen and oxygen atoms in total. The van der Waals surface area contributed by atoms with Crippen LogP contribution >= 0.6 is 0 Å². The summed E-state index contributed by atoms with van der Waals surface area (Å²) < 4.78 is 10.2. The summed E-state index contributed by atoms with van der Waals surface area (Å²) in [5.74, 6) is -0.226. The number of carbonyl (C=O) groups is 2. The first-order valence-electron chi connectivity index (χ1n) is 6.98. The van der Waals surface area contributed by atoms with Crippen LogP contribution in [0.5, 0.6) is 0 Å². The molecule has 0 heterocycles. The van der Waals surface area contributed by atoms with Crippen molar-refractivity contribution >= 4 is 11.9 Å². The molecule has 0 saturated heterocycles. The summed E-state index contributed by atoms with van der Waals surface area (Å²) in [6, 6.07) is -0.573. The van der Waals surface area contributed by atoms with E-state index in [9.17, 15) is 9.59 Å². The highest BCUT2D eigenvalue weighted by atomic mass is 16.5. The smallest absolute Gasteiger partial charge is 0.322 e. The molecule has 2 atom stereocenters. The van der Waals surface area contributed by atoms with Gasteiger partial charge in [0.25, 0.3) is 0 Å². The summed E-state index contributed by atoms with van der Waals surface area (Å²) in [6.45, 7) is 8.26. The predicted octanol–water partition coefficient (Wildman–Crippen LogP) is 1.88. The average Bonchev–Trinajstić information content (AvgIpc) is 2.37. The van der Waals surface area contributed by atoms with E-state index < -0.39 is 6.04 Å². The molecule has 0 rings (SSSR count). The van der Waals surface area contributed by atoms with E-state index >= 15 is 0 Å². The normalized spacial score (nSPS) is 14.0. The minimum atomic E-state index is -0.573. The Kier molecular flexibility index (Phi) is 9.21. The Balaban J connectivity index is 3.99. The Bertz CT molecular complexity index is 279. The summed E-state index contributed by atoms with van der Waals surface area (Å²) in [5, 5.41) is 0. The number of rotatable bonds is 9. The molecule has 19 heavy (non-hydrogen) atoms. The lowest BCUT2D eigenvalue weighted by molar-refractivity contribution is -0.150. The lowest BCUT2D eigenvalue weighted by atomic mass is 10.0. The van der Waals surface area contributed by atoms with Gasteiger partial charge in [0.05, 0.1) is 13.2 Å². The highest BCUT2D eigenvalue weighted by Gasteiger charge is 2.18. The molecule has 0 amide bonds. The zero-order valence-electron chi connectivity index (χ0n) is 12.5. The zero-order valence-corrected chi connectivity index (χ0v) is 12.5. The van der Waals surface area contributed by atoms with Gasteiger partial charge >= 0.3 is 11.9 Å². The Morgan fingerprint density at radius 1 is 1.11 bits per heavy atom. The van der Waals surface area contributed by atoms with Crippen LogP contribution < -0.4 is 5.73 Å². The number of esters is 2. The third-order valence-electron chi connectivity index (χ3n) is 2.84. The van der Waals surface area contributed by atoms with Crippen molar-refractivity contribution in [3.63, 3.8) is 0 Å². The molecular formula is C14H27NO4. The van der Waals surface area contributed by atoms with Crippen LogP contribution in [0.2, 0.25) is 0 Å². The van der Waals surface area contributed by atoms with Gasteiger partial charge in [-0.1, -0.05) is 27.7 Å². The molecule has 0 aromatic rings. The van der Waals surface area contributed by atoms with Crippen molar-refractivity contribution in [3.05, 3.63) is 0 Å². The van der Waals surface area contributed by atoms with Crippen LogP contribution in [0, 0.1) is 11.8 Å². The molecule has 0 bridgehead atoms. The van der Waals surface area contributed by atoms with E-state index in [-0.39, 0.29) is 31.1 Å². The quantitative estimate of drug-likeness (QED) is 0.649. The maximum atomic E-state index is 11.6. The van der Waals surface area contributed by atoms with E-state index in [1.165, 1.54) is 0 Å². The van der Waals surface area contributed by atoms with E-state index in [1.807, 2.05) is 20.8 Å². The second-order valence-corrected chi connectivity index (χ2v) is 5.18. The molecule has 0 aromatic carbocycles. The van der Waals surface area contributed by atoms with Crippen molar-refractivity contribution in [1.82, 2.24) is 0 Å². The van der Waals surface area contributed by atoms with Gasteiger partial charge in [-0.2, -0.15) is 0 Å². The van der Waals surface area contributed by atoms with Crippen molar-refractivity contribution in [3.8, 4) is 0 Å². The van der Waals surface area contributed by atoms with Crippen LogP contribution in [-0.4, -0.2) is 31.2 Å². The van der Waals surface area contributed by atoms with E-state index in [0.717, 1.165) is 6.42 Å². The molecule has 0 saturated carbocycles. The molecule has 0 aromatic heterocycles. The van der Waals surface area contributed by atoms with Gasteiger partial charge in [-0.3, -0.25) is 9.59 Å². The second-order valence-electron chi connectivity index (χ2n) is 5.18. The molecular weight excluding hydrogens is 246 g/mol. The summed E-state index contributed by atoms with van der Waals surface area (Å²) in [6.07, 6.45) is 1.75. The van der Waals surface area contributed by atoms with E-state index in [1.54, 1.807) is 6.92 Å². The molecule has 112 valence electrons. The minimum absolute atomic E-state index is 0.0331. The number of carbonyl (C=O) groups excluding carboxylic acids is 2. The van der Waals surface area contributed by atoms with E-state index in [4.69, 9.17) is 15.2 Å². The lowest BCUT2D eigenvalue weighted by Gasteiger charge is -2.18. The standard InChI is InChI=1S/C14H27NO4/c1-5-11(8-18-13(16)6-2)9-19-14(17)12(15)7-10(3)4/h10-12H,5-9,15H2,1-4H3/t11?,12-/m0/s1. The third kappa shape index (κ3) is 8.59. The van der Waals surface area contributed by atoms with Crippen LogP contribution in [0.25, 0.3) is 0 Å². The van der Waals surface area contributed by atoms with Crippen molar-refractivity contribution in [2.45, 2.75) is 53.0 Å². The summed E-state index contributed by atoms with van der Waals surface area (Å²) >= 11 is 0. The molecule has 0 fully saturated rings. The Morgan fingerprint density at radius 2 is 1.68 bits per heavy atom. The van der Waals surface area contributed by atoms with Crippen LogP contribution in [0.4, 0.5) is 0 Å². The van der Waals surface area contributed by atoms with Crippen molar-refractivity contribution in [2.24, 2.45) is 17.6 Å². The molecule has 0 aliphatic heterocycles. The first-order valence-corrected chi connectivity index (χ1v) is 6.98. The Hall–Kier alpha value is -1.10. The summed E-state index contributed by atoms with van der Waals surface area (Å²) in [4.78, 5) is 22.7. The van der Waals surface area contributed by atoms with Gasteiger partial charge in [0.1, 0.15) is 6.04 Å². The van der Waals surface area contributed by atoms with Gasteiger partial charge < -0.3 is 15.2 Å². The number of ether oxygens (including phenoxy) is 2. The fourth-order valence-corrected chi connectivity index (χ4v) is 1.51. The Labute approximate surface area is 115 Å². The topological polar surface area (TPSA) is 78.6 Å². The van der Waals surface area contributed by atoms with Crippen LogP contribution in [-0.2, 0) is 19.1 Å². The monoisotopic (exact) mass is 273 g/mol. The molecule has 0 aliphatic rings. The third-order valence-corrected chi connectivity index (χ3v) is 2.84. The molecule has 0 spiro atoms. The maximum absolute atomic E-state index is 11.6. The minimum Gasteiger partial charge on any atom is -0.465 e. The molecule has 2 N–H and O–H groups in total. The fourth-order valence-electron chi connectivity index (χ4n) is 1.51. The number of hydrogen-bond donors (Lipinski definition) is 1. The van der Waals surface area contributed by atoms with Gasteiger partial charge in [0.15, 0.2) is 0 Å². The van der Waals surface area contributed by atoms with Gasteiger partial charge in [-0.15, -0.1) is 0 Å². The first kappa shape index (κ1) is 17.9. The Morgan fingerprint density at radius 3 is 2.16 bits per heavy atom. The maximum Gasteiger partial charge on any atom is 0.322 e. The van der Waals surface area contributed by atoms with Gasteiger partial charge in [-0.25, -0.2) is 0 Å². The molecule has 5 heteroatoms. The number of hydrogen-bond acceptors (Lipinski definition) is 5. The zero-order chi connectivity index (χ0) is 14.8. The van der Waals surface area contributed by atoms with E-state index in [0.29, 0.717) is 18.8 Å². The highest BCUT2D eigenvalue weighted by Crippen LogP contribution is 2.08. The fraction of sp³-hybridized carbons (Fsp3) is 0.857. The van der Waals surface area contributed by atoms with Crippen LogP contribution in [0.3, 0.4) is 0 Å². The van der Waals surface area contributed by atoms with Crippen molar-refractivity contribution in [1.29, 1.82) is 0 Å².